The summed E-state index contributed by atoms with van der Waals surface area (Å²) in [5.74, 6) is -0.686. The average molecular weight is 388 g/mol. The second-order valence-corrected chi connectivity index (χ2v) is 9.80. The Bertz CT molecular complexity index is 502. The fourth-order valence-electron chi connectivity index (χ4n) is 3.22. The monoisotopic (exact) mass is 388 g/mol. The zero-order valence-corrected chi connectivity index (χ0v) is 16.5. The molecular formula is C13H30N2O7P2. The van der Waals surface area contributed by atoms with Crippen molar-refractivity contribution < 1.29 is 33.5 Å². The van der Waals surface area contributed by atoms with Crippen molar-refractivity contribution >= 4 is 21.1 Å². The summed E-state index contributed by atoms with van der Waals surface area (Å²) in [5, 5.41) is -2.87. The molecule has 0 aliphatic carbocycles. The minimum absolute atomic E-state index is 0.177. The largest absolute Gasteiger partial charge is 0.363 e. The lowest BCUT2D eigenvalue weighted by Gasteiger charge is -2.46. The second-order valence-electron chi connectivity index (χ2n) is 5.79. The first kappa shape index (κ1) is 23.7. The van der Waals surface area contributed by atoms with E-state index in [1.165, 1.54) is 13.8 Å². The molecule has 0 aromatic carbocycles. The molecule has 0 saturated carbocycles. The SMILES string of the molecule is CCN(C(=O)C(CC)(CC)CCN)C(CC)(P(=O)(O)O)P(=O)(O)O. The van der Waals surface area contributed by atoms with E-state index in [-0.39, 0.29) is 19.5 Å². The molecule has 0 aromatic heterocycles. The molecule has 0 spiro atoms. The van der Waals surface area contributed by atoms with Gasteiger partial charge in [-0.3, -0.25) is 13.9 Å². The van der Waals surface area contributed by atoms with Crippen molar-refractivity contribution in [3.05, 3.63) is 0 Å². The summed E-state index contributed by atoms with van der Waals surface area (Å²) in [7, 11) is -10.7. The fraction of sp³-hybridized carbons (Fsp3) is 0.923. The van der Waals surface area contributed by atoms with Crippen LogP contribution >= 0.6 is 15.2 Å². The number of nitrogens with zero attached hydrogens (tertiary/aromatic N) is 1. The maximum Gasteiger partial charge on any atom is 0.363 e. The molecule has 9 nitrogen and oxygen atoms in total. The van der Waals surface area contributed by atoms with Gasteiger partial charge in [-0.15, -0.1) is 0 Å². The summed E-state index contributed by atoms with van der Waals surface area (Å²) in [6, 6.07) is 0. The zero-order chi connectivity index (χ0) is 19.4. The molecule has 0 bridgehead atoms. The third-order valence-corrected chi connectivity index (χ3v) is 9.38. The molecule has 0 radical (unpaired) electrons. The molecule has 0 aliphatic heterocycles. The quantitative estimate of drug-likeness (QED) is 0.351. The van der Waals surface area contributed by atoms with Crippen LogP contribution in [0.25, 0.3) is 0 Å². The number of nitrogens with two attached hydrogens (primary N) is 1. The molecule has 6 N–H and O–H groups in total. The Labute approximate surface area is 142 Å². The predicted molar refractivity (Wildman–Crippen MR) is 91.2 cm³/mol. The van der Waals surface area contributed by atoms with Crippen LogP contribution in [-0.4, -0.2) is 48.5 Å². The third kappa shape index (κ3) is 3.93. The molecule has 0 aliphatic rings. The van der Waals surface area contributed by atoms with E-state index in [1.807, 2.05) is 0 Å². The molecule has 0 atom stereocenters. The molecular weight excluding hydrogens is 358 g/mol. The van der Waals surface area contributed by atoms with Gasteiger partial charge in [0, 0.05) is 6.54 Å². The summed E-state index contributed by atoms with van der Waals surface area (Å²) in [6.45, 7) is 6.11. The van der Waals surface area contributed by atoms with Crippen LogP contribution in [0.1, 0.15) is 53.4 Å². The Morgan fingerprint density at radius 1 is 0.958 bits per heavy atom. The van der Waals surface area contributed by atoms with Gasteiger partial charge in [0.05, 0.1) is 5.41 Å². The van der Waals surface area contributed by atoms with Crippen LogP contribution in [0.4, 0.5) is 0 Å². The van der Waals surface area contributed by atoms with Crippen LogP contribution < -0.4 is 5.73 Å². The summed E-state index contributed by atoms with van der Waals surface area (Å²) in [5.41, 5.74) is 4.56. The van der Waals surface area contributed by atoms with E-state index in [2.05, 4.69) is 0 Å². The molecule has 24 heavy (non-hydrogen) atoms. The highest BCUT2D eigenvalue weighted by Gasteiger charge is 2.65. The van der Waals surface area contributed by atoms with Gasteiger partial charge in [0.15, 0.2) is 0 Å². The number of hydrogen-bond donors (Lipinski definition) is 5. The molecule has 0 unspecified atom stereocenters. The van der Waals surface area contributed by atoms with E-state index in [9.17, 15) is 33.5 Å². The first-order valence-electron chi connectivity index (χ1n) is 7.98. The molecule has 0 fully saturated rings. The van der Waals surface area contributed by atoms with Crippen LogP contribution in [0.5, 0.6) is 0 Å². The topological polar surface area (TPSA) is 161 Å². The van der Waals surface area contributed by atoms with Gasteiger partial charge in [-0.25, -0.2) is 0 Å². The maximum atomic E-state index is 13.1. The first-order valence-corrected chi connectivity index (χ1v) is 11.2. The maximum absolute atomic E-state index is 13.1. The van der Waals surface area contributed by atoms with E-state index >= 15 is 0 Å². The average Bonchev–Trinajstić information content (AvgIpc) is 2.46. The Morgan fingerprint density at radius 3 is 1.58 bits per heavy atom. The lowest BCUT2D eigenvalue weighted by Crippen LogP contribution is -2.56. The summed E-state index contributed by atoms with van der Waals surface area (Å²) in [6.07, 6.45) is 0.376. The number of rotatable bonds is 10. The lowest BCUT2D eigenvalue weighted by molar-refractivity contribution is -0.146. The Hall–Kier alpha value is -0.270. The van der Waals surface area contributed by atoms with Crippen LogP contribution in [0.2, 0.25) is 0 Å². The Balaban J connectivity index is 6.51. The molecule has 0 aromatic rings. The lowest BCUT2D eigenvalue weighted by atomic mass is 9.77. The molecule has 144 valence electrons. The van der Waals surface area contributed by atoms with Gasteiger partial charge in [0.1, 0.15) is 0 Å². The van der Waals surface area contributed by atoms with Gasteiger partial charge in [-0.1, -0.05) is 20.8 Å². The van der Waals surface area contributed by atoms with E-state index in [1.54, 1.807) is 13.8 Å². The van der Waals surface area contributed by atoms with Crippen molar-refractivity contribution in [1.82, 2.24) is 4.90 Å². The first-order chi connectivity index (χ1) is 10.8. The second kappa shape index (κ2) is 8.41. The number of amides is 1. The summed E-state index contributed by atoms with van der Waals surface area (Å²) in [4.78, 5) is 52.8. The van der Waals surface area contributed by atoms with Crippen molar-refractivity contribution in [3.8, 4) is 0 Å². The minimum Gasteiger partial charge on any atom is -0.330 e. The Morgan fingerprint density at radius 2 is 1.38 bits per heavy atom. The van der Waals surface area contributed by atoms with Gasteiger partial charge >= 0.3 is 15.2 Å². The predicted octanol–water partition coefficient (Wildman–Crippen LogP) is 1.41. The van der Waals surface area contributed by atoms with E-state index in [0.717, 1.165) is 0 Å². The fourth-order valence-corrected chi connectivity index (χ4v) is 6.50. The van der Waals surface area contributed by atoms with Gasteiger partial charge in [-0.05, 0) is 39.2 Å². The van der Waals surface area contributed by atoms with Gasteiger partial charge in [0.2, 0.25) is 10.9 Å². The van der Waals surface area contributed by atoms with Gasteiger partial charge < -0.3 is 30.2 Å². The van der Waals surface area contributed by atoms with Crippen molar-refractivity contribution in [2.75, 3.05) is 13.1 Å². The van der Waals surface area contributed by atoms with Gasteiger partial charge in [-0.2, -0.15) is 0 Å². The van der Waals surface area contributed by atoms with Gasteiger partial charge in [0.25, 0.3) is 0 Å². The molecule has 1 amide bonds. The minimum atomic E-state index is -5.35. The van der Waals surface area contributed by atoms with Crippen molar-refractivity contribution in [3.63, 3.8) is 0 Å². The van der Waals surface area contributed by atoms with E-state index in [0.29, 0.717) is 17.7 Å². The van der Waals surface area contributed by atoms with Crippen LogP contribution in [0, 0.1) is 5.41 Å². The van der Waals surface area contributed by atoms with Crippen LogP contribution in [0.3, 0.4) is 0 Å². The summed E-state index contributed by atoms with van der Waals surface area (Å²) >= 11 is 0. The highest BCUT2D eigenvalue weighted by Crippen LogP contribution is 2.72. The molecule has 0 rings (SSSR count). The third-order valence-electron chi connectivity index (χ3n) is 4.83. The normalized spacial score (nSPS) is 13.9. The Kier molecular flexibility index (Phi) is 8.31. The molecule has 11 heteroatoms. The van der Waals surface area contributed by atoms with Crippen molar-refractivity contribution in [1.29, 1.82) is 0 Å². The number of carbonyl (C=O) groups excluding carboxylic acids is 1. The standard InChI is InChI=1S/C13H30N2O7P2/c1-5-12(6-2,9-10-14)11(16)15(8-4)13(7-3,23(17,18)19)24(20,21)22/h5-10,14H2,1-4H3,(H2,17,18,19)(H2,20,21,22). The number of hydrogen-bond acceptors (Lipinski definition) is 4. The summed E-state index contributed by atoms with van der Waals surface area (Å²) < 4.78 is 24.2. The number of carbonyl (C=O) groups is 1. The van der Waals surface area contributed by atoms with Crippen molar-refractivity contribution in [2.45, 2.75) is 58.4 Å². The van der Waals surface area contributed by atoms with Crippen molar-refractivity contribution in [2.24, 2.45) is 11.1 Å². The van der Waals surface area contributed by atoms with E-state index in [4.69, 9.17) is 5.73 Å². The van der Waals surface area contributed by atoms with Crippen LogP contribution in [0.15, 0.2) is 0 Å². The highest BCUT2D eigenvalue weighted by molar-refractivity contribution is 7.72. The zero-order valence-electron chi connectivity index (χ0n) is 14.7. The molecule has 0 saturated heterocycles. The smallest absolute Gasteiger partial charge is 0.330 e. The highest BCUT2D eigenvalue weighted by atomic mass is 31.2. The van der Waals surface area contributed by atoms with E-state index < -0.39 is 38.0 Å². The van der Waals surface area contributed by atoms with Crippen LogP contribution in [-0.2, 0) is 13.9 Å². The molecule has 0 heterocycles.